The molecule has 3 aromatic carbocycles. The van der Waals surface area contributed by atoms with Gasteiger partial charge in [0.05, 0.1) is 18.2 Å². The van der Waals surface area contributed by atoms with E-state index >= 15 is 0 Å². The molecule has 0 saturated carbocycles. The smallest absolute Gasteiger partial charge is 0.288 e. The lowest BCUT2D eigenvalue weighted by Crippen LogP contribution is -2.18. The van der Waals surface area contributed by atoms with E-state index in [1.165, 1.54) is 18.3 Å². The summed E-state index contributed by atoms with van der Waals surface area (Å²) in [5.74, 6) is 0.277. The van der Waals surface area contributed by atoms with E-state index in [1.54, 1.807) is 19.2 Å². The van der Waals surface area contributed by atoms with Gasteiger partial charge in [-0.25, -0.2) is 5.43 Å². The summed E-state index contributed by atoms with van der Waals surface area (Å²) in [6.45, 7) is 0. The number of hydrazone groups is 1. The summed E-state index contributed by atoms with van der Waals surface area (Å²) in [6, 6.07) is 21.0. The maximum absolute atomic E-state index is 12.9. The SMILES string of the molecule is COc1ccc2[nH]c(C(=O)NN=Cc3ccc([N+](=O)[O-])cc3)c(-c3ccccc3)c2c1. The Hall–Kier alpha value is -4.46. The fourth-order valence-corrected chi connectivity index (χ4v) is 3.28. The first-order chi connectivity index (χ1) is 15.1. The number of carbonyl (C=O) groups is 1. The topological polar surface area (TPSA) is 110 Å². The highest BCUT2D eigenvalue weighted by Gasteiger charge is 2.19. The monoisotopic (exact) mass is 414 g/mol. The van der Waals surface area contributed by atoms with Crippen LogP contribution in [0.15, 0.2) is 77.9 Å². The summed E-state index contributed by atoms with van der Waals surface area (Å²) in [5.41, 5.74) is 5.92. The first-order valence-electron chi connectivity index (χ1n) is 9.40. The van der Waals surface area contributed by atoms with E-state index in [-0.39, 0.29) is 5.69 Å². The van der Waals surface area contributed by atoms with Crippen molar-refractivity contribution in [1.82, 2.24) is 10.4 Å². The Morgan fingerprint density at radius 2 is 1.84 bits per heavy atom. The third-order valence-corrected chi connectivity index (χ3v) is 4.78. The highest BCUT2D eigenvalue weighted by Crippen LogP contribution is 2.34. The highest BCUT2D eigenvalue weighted by atomic mass is 16.6. The van der Waals surface area contributed by atoms with Crippen LogP contribution >= 0.6 is 0 Å². The lowest BCUT2D eigenvalue weighted by Gasteiger charge is -2.05. The Labute approximate surface area is 177 Å². The summed E-state index contributed by atoms with van der Waals surface area (Å²) in [7, 11) is 1.59. The molecule has 0 radical (unpaired) electrons. The number of nitro benzene ring substituents is 1. The number of hydrogen-bond acceptors (Lipinski definition) is 5. The molecule has 1 amide bonds. The Morgan fingerprint density at radius 3 is 2.52 bits per heavy atom. The maximum Gasteiger partial charge on any atom is 0.288 e. The Balaban J connectivity index is 1.65. The molecule has 0 aliphatic carbocycles. The lowest BCUT2D eigenvalue weighted by molar-refractivity contribution is -0.384. The van der Waals surface area contributed by atoms with Gasteiger partial charge in [-0.05, 0) is 41.5 Å². The van der Waals surface area contributed by atoms with E-state index in [4.69, 9.17) is 4.74 Å². The van der Waals surface area contributed by atoms with Crippen molar-refractivity contribution in [2.75, 3.05) is 7.11 Å². The average Bonchev–Trinajstić information content (AvgIpc) is 3.18. The van der Waals surface area contributed by atoms with E-state index in [0.29, 0.717) is 17.0 Å². The number of rotatable bonds is 6. The van der Waals surface area contributed by atoms with Gasteiger partial charge in [0.15, 0.2) is 0 Å². The number of benzene rings is 3. The predicted octanol–water partition coefficient (Wildman–Crippen LogP) is 4.52. The zero-order valence-electron chi connectivity index (χ0n) is 16.5. The molecule has 4 rings (SSSR count). The minimum absolute atomic E-state index is 0.0119. The number of H-pyrrole nitrogens is 1. The number of amides is 1. The van der Waals surface area contributed by atoms with Crippen LogP contribution in [0.1, 0.15) is 16.1 Å². The van der Waals surface area contributed by atoms with E-state index in [2.05, 4.69) is 15.5 Å². The molecule has 1 heterocycles. The van der Waals surface area contributed by atoms with Crippen molar-refractivity contribution in [1.29, 1.82) is 0 Å². The van der Waals surface area contributed by atoms with Crippen LogP contribution in [0.2, 0.25) is 0 Å². The van der Waals surface area contributed by atoms with Gasteiger partial charge in [0.2, 0.25) is 0 Å². The quantitative estimate of drug-likeness (QED) is 0.275. The van der Waals surface area contributed by atoms with Crippen molar-refractivity contribution < 1.29 is 14.5 Å². The third-order valence-electron chi connectivity index (χ3n) is 4.78. The van der Waals surface area contributed by atoms with E-state index in [0.717, 1.165) is 22.0 Å². The molecule has 0 fully saturated rings. The number of aromatic amines is 1. The van der Waals surface area contributed by atoms with Gasteiger partial charge in [-0.1, -0.05) is 30.3 Å². The van der Waals surface area contributed by atoms with Crippen LogP contribution < -0.4 is 10.2 Å². The van der Waals surface area contributed by atoms with Gasteiger partial charge in [-0.15, -0.1) is 0 Å². The zero-order valence-corrected chi connectivity index (χ0v) is 16.5. The van der Waals surface area contributed by atoms with Crippen LogP contribution in [-0.2, 0) is 0 Å². The molecule has 0 spiro atoms. The zero-order chi connectivity index (χ0) is 21.8. The molecule has 0 saturated heterocycles. The van der Waals surface area contributed by atoms with Gasteiger partial charge in [0.1, 0.15) is 11.4 Å². The van der Waals surface area contributed by atoms with Crippen molar-refractivity contribution in [2.24, 2.45) is 5.10 Å². The third kappa shape index (κ3) is 4.13. The standard InChI is InChI=1S/C23H18N4O4/c1-31-18-11-12-20-19(13-18)21(16-5-3-2-4-6-16)22(25-20)23(28)26-24-14-15-7-9-17(10-8-15)27(29)30/h2-14,25H,1H3,(H,26,28). The van der Waals surface area contributed by atoms with Crippen LogP contribution in [0.25, 0.3) is 22.0 Å². The second-order valence-corrected chi connectivity index (χ2v) is 6.70. The van der Waals surface area contributed by atoms with Gasteiger partial charge in [0.25, 0.3) is 11.6 Å². The molecule has 0 aliphatic rings. The van der Waals surface area contributed by atoms with Crippen LogP contribution in [0, 0.1) is 10.1 Å². The van der Waals surface area contributed by atoms with Crippen molar-refractivity contribution in [3.8, 4) is 16.9 Å². The minimum atomic E-state index is -0.474. The average molecular weight is 414 g/mol. The largest absolute Gasteiger partial charge is 0.497 e. The number of nitro groups is 1. The van der Waals surface area contributed by atoms with E-state index < -0.39 is 10.8 Å². The molecule has 0 atom stereocenters. The van der Waals surface area contributed by atoms with Gasteiger partial charge in [-0.2, -0.15) is 5.10 Å². The van der Waals surface area contributed by atoms with Crippen LogP contribution in [0.5, 0.6) is 5.75 Å². The van der Waals surface area contributed by atoms with Crippen LogP contribution in [0.4, 0.5) is 5.69 Å². The van der Waals surface area contributed by atoms with E-state index in [1.807, 2.05) is 48.5 Å². The molecule has 0 aliphatic heterocycles. The molecule has 4 aromatic rings. The summed E-state index contributed by atoms with van der Waals surface area (Å²) < 4.78 is 5.34. The molecular formula is C23H18N4O4. The van der Waals surface area contributed by atoms with Crippen molar-refractivity contribution in [2.45, 2.75) is 0 Å². The molecule has 0 bridgehead atoms. The molecule has 1 aromatic heterocycles. The van der Waals surface area contributed by atoms with Gasteiger partial charge in [-0.3, -0.25) is 14.9 Å². The second-order valence-electron chi connectivity index (χ2n) is 6.70. The number of carbonyl (C=O) groups excluding carboxylic acids is 1. The number of nitrogens with one attached hydrogen (secondary N) is 2. The summed E-state index contributed by atoms with van der Waals surface area (Å²) in [5, 5.41) is 15.6. The van der Waals surface area contributed by atoms with Gasteiger partial charge >= 0.3 is 0 Å². The van der Waals surface area contributed by atoms with Crippen LogP contribution in [-0.4, -0.2) is 29.1 Å². The fraction of sp³-hybridized carbons (Fsp3) is 0.0435. The molecular weight excluding hydrogens is 396 g/mol. The molecule has 8 nitrogen and oxygen atoms in total. The molecule has 31 heavy (non-hydrogen) atoms. The minimum Gasteiger partial charge on any atom is -0.497 e. The lowest BCUT2D eigenvalue weighted by atomic mass is 10.0. The Kier molecular flexibility index (Phi) is 5.44. The Bertz CT molecular complexity index is 1280. The molecule has 0 unspecified atom stereocenters. The number of fused-ring (bicyclic) bond motifs is 1. The fourth-order valence-electron chi connectivity index (χ4n) is 3.28. The highest BCUT2D eigenvalue weighted by molar-refractivity contribution is 6.10. The first kappa shape index (κ1) is 19.8. The first-order valence-corrected chi connectivity index (χ1v) is 9.40. The molecule has 154 valence electrons. The predicted molar refractivity (Wildman–Crippen MR) is 118 cm³/mol. The molecule has 2 N–H and O–H groups in total. The number of non-ortho nitro benzene ring substituents is 1. The van der Waals surface area contributed by atoms with Crippen molar-refractivity contribution in [3.63, 3.8) is 0 Å². The molecule has 8 heteroatoms. The number of hydrogen-bond donors (Lipinski definition) is 2. The maximum atomic E-state index is 12.9. The second kappa shape index (κ2) is 8.50. The van der Waals surface area contributed by atoms with Crippen LogP contribution in [0.3, 0.4) is 0 Å². The number of methoxy groups -OCH3 is 1. The van der Waals surface area contributed by atoms with E-state index in [9.17, 15) is 14.9 Å². The summed E-state index contributed by atoms with van der Waals surface area (Å²) >= 11 is 0. The Morgan fingerprint density at radius 1 is 1.10 bits per heavy atom. The summed E-state index contributed by atoms with van der Waals surface area (Å²) in [6.07, 6.45) is 1.43. The number of nitrogens with zero attached hydrogens (tertiary/aromatic N) is 2. The summed E-state index contributed by atoms with van der Waals surface area (Å²) in [4.78, 5) is 26.4. The van der Waals surface area contributed by atoms with Gasteiger partial charge < -0.3 is 9.72 Å². The van der Waals surface area contributed by atoms with Gasteiger partial charge in [0, 0.05) is 28.6 Å². The number of ether oxygens (including phenoxy) is 1. The number of aromatic nitrogens is 1. The normalized spacial score (nSPS) is 11.0. The van der Waals surface area contributed by atoms with Crippen molar-refractivity contribution >= 4 is 28.7 Å². The van der Waals surface area contributed by atoms with Crippen molar-refractivity contribution in [3.05, 3.63) is 94.2 Å².